The smallest absolute Gasteiger partial charge is 0.220 e. The number of fused-ring (bicyclic) bond motifs is 2. The van der Waals surface area contributed by atoms with Gasteiger partial charge in [-0.1, -0.05) is 24.3 Å². The first-order valence-electron chi connectivity index (χ1n) is 10.3. The van der Waals surface area contributed by atoms with E-state index < -0.39 is 0 Å². The molecule has 142 valence electrons. The van der Waals surface area contributed by atoms with E-state index in [1.54, 1.807) is 7.05 Å². The fraction of sp³-hybridized carbons (Fsp3) is 0.682. The monoisotopic (exact) mass is 356 g/mol. The molecule has 1 amide bonds. The largest absolute Gasteiger partial charge is 0.381 e. The van der Waals surface area contributed by atoms with Gasteiger partial charge in [0, 0.05) is 33.2 Å². The summed E-state index contributed by atoms with van der Waals surface area (Å²) in [4.78, 5) is 14.7. The van der Waals surface area contributed by atoms with Crippen molar-refractivity contribution in [1.29, 1.82) is 0 Å². The number of carbonyl (C=O) groups excluding carboxylic acids is 1. The normalized spacial score (nSPS) is 26.0. The van der Waals surface area contributed by atoms with Gasteiger partial charge in [0.05, 0.1) is 0 Å². The minimum atomic E-state index is 0.166. The van der Waals surface area contributed by atoms with Crippen molar-refractivity contribution in [2.75, 3.05) is 39.9 Å². The van der Waals surface area contributed by atoms with Gasteiger partial charge in [0.25, 0.3) is 0 Å². The molecule has 0 aromatic heterocycles. The van der Waals surface area contributed by atoms with Crippen LogP contribution in [0.1, 0.15) is 55.6 Å². The lowest BCUT2D eigenvalue weighted by Gasteiger charge is -2.42. The van der Waals surface area contributed by atoms with Crippen LogP contribution in [-0.4, -0.2) is 50.7 Å². The highest BCUT2D eigenvalue weighted by Crippen LogP contribution is 2.52. The summed E-state index contributed by atoms with van der Waals surface area (Å²) in [5.41, 5.74) is 3.25. The van der Waals surface area contributed by atoms with Gasteiger partial charge in [0.1, 0.15) is 0 Å². The molecule has 1 atom stereocenters. The quantitative estimate of drug-likeness (QED) is 0.901. The van der Waals surface area contributed by atoms with Crippen LogP contribution in [0.2, 0.25) is 0 Å². The summed E-state index contributed by atoms with van der Waals surface area (Å²) in [5, 5.41) is 2.81. The minimum absolute atomic E-state index is 0.166. The Labute approximate surface area is 157 Å². The number of hydrogen-bond acceptors (Lipinski definition) is 3. The van der Waals surface area contributed by atoms with Crippen LogP contribution in [0.4, 0.5) is 0 Å². The van der Waals surface area contributed by atoms with Crippen molar-refractivity contribution in [3.8, 4) is 0 Å². The standard InChI is InChI=1S/C22H32N2O2/c1-23-21(25)14-18-15-22(20-5-3-2-4-19(18)20)8-10-24(11-9-22)16-17-6-12-26-13-7-17/h2-5,17-18H,6-16H2,1H3,(H,23,25)/t18-/m0/s1. The number of carbonyl (C=O) groups is 1. The first-order valence-corrected chi connectivity index (χ1v) is 10.3. The van der Waals surface area contributed by atoms with E-state index in [1.807, 2.05) is 0 Å². The number of amides is 1. The summed E-state index contributed by atoms with van der Waals surface area (Å²) in [6, 6.07) is 8.89. The van der Waals surface area contributed by atoms with Gasteiger partial charge in [-0.2, -0.15) is 0 Å². The van der Waals surface area contributed by atoms with Crippen LogP contribution in [0.25, 0.3) is 0 Å². The van der Waals surface area contributed by atoms with E-state index in [0.717, 1.165) is 25.6 Å². The van der Waals surface area contributed by atoms with Crippen molar-refractivity contribution in [2.24, 2.45) is 5.92 Å². The van der Waals surface area contributed by atoms with E-state index in [9.17, 15) is 4.79 Å². The van der Waals surface area contributed by atoms with Crippen LogP contribution in [0.15, 0.2) is 24.3 Å². The zero-order chi connectivity index (χ0) is 18.0. The second kappa shape index (κ2) is 7.69. The van der Waals surface area contributed by atoms with Crippen molar-refractivity contribution in [3.63, 3.8) is 0 Å². The maximum Gasteiger partial charge on any atom is 0.220 e. The molecule has 0 unspecified atom stereocenters. The molecule has 4 heteroatoms. The van der Waals surface area contributed by atoms with Crippen molar-refractivity contribution in [2.45, 2.75) is 49.9 Å². The van der Waals surface area contributed by atoms with Gasteiger partial charge >= 0.3 is 0 Å². The SMILES string of the molecule is CNC(=O)C[C@H]1CC2(CCN(CC3CCOCC3)CC2)c2ccccc21. The number of nitrogens with zero attached hydrogens (tertiary/aromatic N) is 1. The van der Waals surface area contributed by atoms with Gasteiger partial charge in [-0.15, -0.1) is 0 Å². The average molecular weight is 357 g/mol. The van der Waals surface area contributed by atoms with Crippen LogP contribution in [-0.2, 0) is 14.9 Å². The third-order valence-corrected chi connectivity index (χ3v) is 6.99. The Balaban J connectivity index is 1.43. The van der Waals surface area contributed by atoms with Gasteiger partial charge in [-0.3, -0.25) is 4.79 Å². The summed E-state index contributed by atoms with van der Waals surface area (Å²) < 4.78 is 5.51. The second-order valence-corrected chi connectivity index (χ2v) is 8.50. The average Bonchev–Trinajstić information content (AvgIpc) is 2.98. The number of piperidine rings is 1. The molecular weight excluding hydrogens is 324 g/mol. The molecule has 2 fully saturated rings. The Morgan fingerprint density at radius 2 is 1.96 bits per heavy atom. The third-order valence-electron chi connectivity index (χ3n) is 6.99. The molecule has 0 bridgehead atoms. The summed E-state index contributed by atoms with van der Waals surface area (Å²) in [7, 11) is 1.74. The lowest BCUT2D eigenvalue weighted by molar-refractivity contribution is -0.121. The van der Waals surface area contributed by atoms with E-state index in [-0.39, 0.29) is 5.91 Å². The van der Waals surface area contributed by atoms with Crippen molar-refractivity contribution in [1.82, 2.24) is 10.2 Å². The molecule has 1 spiro atoms. The Morgan fingerprint density at radius 1 is 1.23 bits per heavy atom. The van der Waals surface area contributed by atoms with E-state index in [0.29, 0.717) is 17.8 Å². The van der Waals surface area contributed by atoms with Gasteiger partial charge in [-0.25, -0.2) is 0 Å². The molecule has 2 saturated heterocycles. The maximum atomic E-state index is 12.0. The lowest BCUT2D eigenvalue weighted by atomic mass is 9.73. The maximum absolute atomic E-state index is 12.0. The Morgan fingerprint density at radius 3 is 2.69 bits per heavy atom. The van der Waals surface area contributed by atoms with Gasteiger partial charge in [-0.05, 0) is 73.6 Å². The molecule has 0 saturated carbocycles. The number of benzene rings is 1. The highest BCUT2D eigenvalue weighted by Gasteiger charge is 2.45. The molecule has 1 aromatic rings. The fourth-order valence-corrected chi connectivity index (χ4v) is 5.47. The molecule has 2 aliphatic heterocycles. The van der Waals surface area contributed by atoms with Crippen LogP contribution in [0, 0.1) is 5.92 Å². The van der Waals surface area contributed by atoms with E-state index in [4.69, 9.17) is 4.74 Å². The third kappa shape index (κ3) is 3.54. The first kappa shape index (κ1) is 18.0. The molecular formula is C22H32N2O2. The predicted molar refractivity (Wildman–Crippen MR) is 103 cm³/mol. The summed E-state index contributed by atoms with van der Waals surface area (Å²) >= 11 is 0. The van der Waals surface area contributed by atoms with Gasteiger partial charge in [0.15, 0.2) is 0 Å². The summed E-state index contributed by atoms with van der Waals surface area (Å²) in [6.45, 7) is 5.51. The Hall–Kier alpha value is -1.39. The molecule has 3 aliphatic rings. The van der Waals surface area contributed by atoms with Gasteiger partial charge < -0.3 is 15.0 Å². The van der Waals surface area contributed by atoms with Gasteiger partial charge in [0.2, 0.25) is 5.91 Å². The molecule has 1 N–H and O–H groups in total. The van der Waals surface area contributed by atoms with E-state index in [1.165, 1.54) is 56.4 Å². The number of nitrogens with one attached hydrogen (secondary N) is 1. The minimum Gasteiger partial charge on any atom is -0.381 e. The van der Waals surface area contributed by atoms with Crippen molar-refractivity contribution < 1.29 is 9.53 Å². The van der Waals surface area contributed by atoms with Crippen LogP contribution in [0.5, 0.6) is 0 Å². The molecule has 4 nitrogen and oxygen atoms in total. The number of likely N-dealkylation sites (tertiary alicyclic amines) is 1. The molecule has 1 aromatic carbocycles. The second-order valence-electron chi connectivity index (χ2n) is 8.50. The molecule has 4 rings (SSSR count). The Bertz CT molecular complexity index is 631. The van der Waals surface area contributed by atoms with Crippen molar-refractivity contribution >= 4 is 5.91 Å². The number of ether oxygens (including phenoxy) is 1. The highest BCUT2D eigenvalue weighted by atomic mass is 16.5. The zero-order valence-corrected chi connectivity index (χ0v) is 16.0. The van der Waals surface area contributed by atoms with Crippen LogP contribution >= 0.6 is 0 Å². The van der Waals surface area contributed by atoms with E-state index >= 15 is 0 Å². The predicted octanol–water partition coefficient (Wildman–Crippen LogP) is 3.07. The fourth-order valence-electron chi connectivity index (χ4n) is 5.47. The molecule has 2 heterocycles. The Kier molecular flexibility index (Phi) is 5.32. The van der Waals surface area contributed by atoms with Crippen molar-refractivity contribution in [3.05, 3.63) is 35.4 Å². The van der Waals surface area contributed by atoms with Crippen LogP contribution in [0.3, 0.4) is 0 Å². The highest BCUT2D eigenvalue weighted by molar-refractivity contribution is 5.77. The van der Waals surface area contributed by atoms with E-state index in [2.05, 4.69) is 34.5 Å². The molecule has 1 aliphatic carbocycles. The number of rotatable bonds is 4. The summed E-state index contributed by atoms with van der Waals surface area (Å²) in [6.07, 6.45) is 6.68. The lowest BCUT2D eigenvalue weighted by Crippen LogP contribution is -2.44. The number of hydrogen-bond donors (Lipinski definition) is 1. The zero-order valence-electron chi connectivity index (χ0n) is 16.0. The first-order chi connectivity index (χ1) is 12.7. The topological polar surface area (TPSA) is 41.6 Å². The summed E-state index contributed by atoms with van der Waals surface area (Å²) in [5.74, 6) is 1.36. The van der Waals surface area contributed by atoms with Crippen LogP contribution < -0.4 is 5.32 Å². The molecule has 26 heavy (non-hydrogen) atoms. The molecule has 0 radical (unpaired) electrons.